The van der Waals surface area contributed by atoms with Gasteiger partial charge in [0.05, 0.1) is 16.7 Å². The van der Waals surface area contributed by atoms with Gasteiger partial charge in [-0.2, -0.15) is 0 Å². The monoisotopic (exact) mass is 387 g/mol. The molecule has 3 fully saturated rings. The van der Waals surface area contributed by atoms with E-state index in [0.29, 0.717) is 24.0 Å². The largest absolute Gasteiger partial charge is 0.889 e. The predicted octanol–water partition coefficient (Wildman–Crippen LogP) is -0.0338. The van der Waals surface area contributed by atoms with Gasteiger partial charge in [0, 0.05) is 5.56 Å². The molecule has 0 spiro atoms. The van der Waals surface area contributed by atoms with Crippen molar-refractivity contribution < 1.29 is 25.0 Å². The number of ether oxygens (including phenoxy) is 1. The molecule has 1 aromatic carbocycles. The molecule has 7 heteroatoms. The van der Waals surface area contributed by atoms with Gasteiger partial charge in [-0.05, 0) is 57.4 Å². The lowest BCUT2D eigenvalue weighted by Crippen LogP contribution is -2.74. The van der Waals surface area contributed by atoms with Crippen molar-refractivity contribution in [2.24, 2.45) is 16.3 Å². The average molecular weight is 387 g/mol. The van der Waals surface area contributed by atoms with E-state index in [2.05, 4.69) is 18.8 Å². The van der Waals surface area contributed by atoms with E-state index in [1.807, 2.05) is 13.8 Å². The first kappa shape index (κ1) is 21.3. The number of aliphatic imine (C=N–C) groups is 1. The third kappa shape index (κ3) is 3.49. The fraction of sp³-hybridized carbons (Fsp3) is 0.667. The fourth-order valence-corrected chi connectivity index (χ4v) is 4.67. The number of rotatable bonds is 2. The summed E-state index contributed by atoms with van der Waals surface area (Å²) in [5.74, 6) is 1.12. The molecule has 3 atom stereocenters. The van der Waals surface area contributed by atoms with Crippen LogP contribution in [-0.2, 0) is 4.74 Å². The molecule has 6 nitrogen and oxygen atoms in total. The van der Waals surface area contributed by atoms with Gasteiger partial charge in [-0.1, -0.05) is 39.2 Å². The Bertz CT molecular complexity index is 764. The van der Waals surface area contributed by atoms with Crippen molar-refractivity contribution in [3.8, 4) is 0 Å². The number of benzene rings is 1. The van der Waals surface area contributed by atoms with Gasteiger partial charge in [0.15, 0.2) is 0 Å². The summed E-state index contributed by atoms with van der Waals surface area (Å²) in [4.78, 5) is 4.38. The van der Waals surface area contributed by atoms with Crippen LogP contribution in [0.15, 0.2) is 29.3 Å². The van der Waals surface area contributed by atoms with Crippen LogP contribution in [0.2, 0.25) is 0 Å². The minimum Gasteiger partial charge on any atom is -0.889 e. The third-order valence-corrected chi connectivity index (χ3v) is 6.87. The van der Waals surface area contributed by atoms with Crippen LogP contribution in [0.3, 0.4) is 0 Å². The molecule has 2 bridgehead atoms. The summed E-state index contributed by atoms with van der Waals surface area (Å²) < 4.78 is 5.43. The second kappa shape index (κ2) is 6.83. The summed E-state index contributed by atoms with van der Waals surface area (Å²) >= 11 is 0. The van der Waals surface area contributed by atoms with Gasteiger partial charge in [0.25, 0.3) is 0 Å². The van der Waals surface area contributed by atoms with E-state index in [4.69, 9.17) is 4.74 Å². The number of hydrogen-bond donors (Lipinski definition) is 2. The molecule has 1 aliphatic heterocycles. The van der Waals surface area contributed by atoms with Crippen LogP contribution in [0.25, 0.3) is 0 Å². The number of nitrogens with zero attached hydrogens (tertiary/aromatic N) is 1. The Balaban J connectivity index is 0.000000167. The van der Waals surface area contributed by atoms with Crippen LogP contribution in [0.5, 0.6) is 0 Å². The number of aliphatic hydroxyl groups is 2. The minimum atomic E-state index is -1.96. The van der Waals surface area contributed by atoms with Crippen LogP contribution in [0, 0.1) is 11.3 Å². The highest BCUT2D eigenvalue weighted by Gasteiger charge is 2.69. The van der Waals surface area contributed by atoms with Crippen molar-refractivity contribution >= 4 is 18.5 Å². The Morgan fingerprint density at radius 1 is 1.14 bits per heavy atom. The maximum atomic E-state index is 10.8. The van der Waals surface area contributed by atoms with E-state index in [9.17, 15) is 20.3 Å². The Hall–Kier alpha value is -1.41. The van der Waals surface area contributed by atoms with E-state index in [1.54, 1.807) is 25.1 Å². The molecule has 154 valence electrons. The van der Waals surface area contributed by atoms with E-state index in [1.165, 1.54) is 6.07 Å². The van der Waals surface area contributed by atoms with Crippen molar-refractivity contribution in [3.63, 3.8) is 0 Å². The quantitative estimate of drug-likeness (QED) is 0.693. The number of hydrogen-bond acceptors (Lipinski definition) is 6. The van der Waals surface area contributed by atoms with Gasteiger partial charge in [0.2, 0.25) is 5.90 Å². The van der Waals surface area contributed by atoms with Crippen LogP contribution in [-0.4, -0.2) is 46.6 Å². The normalized spacial score (nSPS) is 34.3. The zero-order chi connectivity index (χ0) is 21.0. The summed E-state index contributed by atoms with van der Waals surface area (Å²) in [6.07, 6.45) is 2.59. The maximum Gasteiger partial charge on any atom is 0.216 e. The molecule has 3 unspecified atom stereocenters. The lowest BCUT2D eigenvalue weighted by Gasteiger charge is -2.68. The maximum absolute atomic E-state index is 10.8. The summed E-state index contributed by atoms with van der Waals surface area (Å²) in [7, 11) is -1.96. The first-order valence-electron chi connectivity index (χ1n) is 9.88. The van der Waals surface area contributed by atoms with Crippen molar-refractivity contribution in [2.75, 3.05) is 6.61 Å². The highest BCUT2D eigenvalue weighted by atomic mass is 16.5. The van der Waals surface area contributed by atoms with Crippen LogP contribution in [0.1, 0.15) is 59.4 Å². The van der Waals surface area contributed by atoms with E-state index >= 15 is 0 Å². The average Bonchev–Trinajstić information content (AvgIpc) is 2.97. The Morgan fingerprint density at radius 3 is 2.29 bits per heavy atom. The molecule has 1 aromatic rings. The van der Waals surface area contributed by atoms with E-state index in [-0.39, 0.29) is 16.4 Å². The molecular formula is C21H30BNO5-2. The highest BCUT2D eigenvalue weighted by Crippen LogP contribution is 2.65. The molecule has 3 saturated carbocycles. The fourth-order valence-electron chi connectivity index (χ4n) is 4.67. The Morgan fingerprint density at radius 2 is 1.82 bits per heavy atom. The Kier molecular flexibility index (Phi) is 5.20. The van der Waals surface area contributed by atoms with Crippen molar-refractivity contribution in [1.82, 2.24) is 0 Å². The Labute approximate surface area is 167 Å². The first-order chi connectivity index (χ1) is 12.8. The van der Waals surface area contributed by atoms with Crippen molar-refractivity contribution in [2.45, 2.75) is 70.6 Å². The van der Waals surface area contributed by atoms with Gasteiger partial charge in [-0.3, -0.25) is 0 Å². The zero-order valence-corrected chi connectivity index (χ0v) is 17.4. The zero-order valence-electron chi connectivity index (χ0n) is 17.4. The second-order valence-electron chi connectivity index (χ2n) is 9.77. The second-order valence-corrected chi connectivity index (χ2v) is 9.77. The van der Waals surface area contributed by atoms with Gasteiger partial charge in [-0.25, -0.2) is 4.99 Å². The molecular weight excluding hydrogens is 357 g/mol. The molecule has 0 radical (unpaired) electrons. The molecule has 28 heavy (non-hydrogen) atoms. The summed E-state index contributed by atoms with van der Waals surface area (Å²) in [6.45, 7) is 10.3. The molecule has 0 amide bonds. The van der Waals surface area contributed by atoms with E-state index < -0.39 is 18.3 Å². The van der Waals surface area contributed by atoms with Crippen LogP contribution < -0.4 is 15.5 Å². The van der Waals surface area contributed by atoms with Crippen LogP contribution in [0.4, 0.5) is 0 Å². The van der Waals surface area contributed by atoms with Crippen molar-refractivity contribution in [1.29, 1.82) is 0 Å². The van der Waals surface area contributed by atoms with Gasteiger partial charge >= 0.3 is 0 Å². The first-order valence-corrected chi connectivity index (χ1v) is 9.88. The molecule has 1 heterocycles. The molecule has 0 saturated heterocycles. The minimum absolute atomic E-state index is 0.0885. The highest BCUT2D eigenvalue weighted by molar-refractivity contribution is 6.55. The third-order valence-electron chi connectivity index (χ3n) is 6.87. The predicted molar refractivity (Wildman–Crippen MR) is 105 cm³/mol. The summed E-state index contributed by atoms with van der Waals surface area (Å²) in [5.41, 5.74) is -1.11. The summed E-state index contributed by atoms with van der Waals surface area (Å²) in [5, 5.41) is 41.8. The number of fused-ring (bicyclic) bond motifs is 2. The SMILES string of the molecule is CC1(C)COC(c2cccc(B([O-])[O-])c2)=N1.CC1(O)CCC2CC1(O)C2(C)C. The van der Waals surface area contributed by atoms with Crippen LogP contribution >= 0.6 is 0 Å². The van der Waals surface area contributed by atoms with Gasteiger partial charge in [-0.15, -0.1) is 5.46 Å². The standard InChI is InChI=1S/C11H12BNO3.C10H18O2/c1-11(2)7-16-10(13-11)8-4-3-5-9(6-8)12(14)15;1-8(2)7-4-5-9(3,11)10(8,12)6-7/h3-6H,7H2,1-2H3;7,11-12H,4-6H2,1-3H3/q-2;. The molecule has 2 N–H and O–H groups in total. The van der Waals surface area contributed by atoms with E-state index in [0.717, 1.165) is 19.3 Å². The van der Waals surface area contributed by atoms with Crippen molar-refractivity contribution in [3.05, 3.63) is 29.8 Å². The molecule has 3 aliphatic carbocycles. The molecule has 0 aromatic heterocycles. The van der Waals surface area contributed by atoms with Gasteiger partial charge in [0.1, 0.15) is 6.61 Å². The molecule has 4 aliphatic rings. The lowest BCUT2D eigenvalue weighted by atomic mass is 9.41. The summed E-state index contributed by atoms with van der Waals surface area (Å²) in [6, 6.07) is 6.52. The molecule has 5 rings (SSSR count). The topological polar surface area (TPSA) is 108 Å². The lowest BCUT2D eigenvalue weighted by molar-refractivity contribution is -0.341. The smallest absolute Gasteiger partial charge is 0.216 e. The van der Waals surface area contributed by atoms with Gasteiger partial charge < -0.3 is 25.0 Å².